The van der Waals surface area contributed by atoms with Crippen molar-refractivity contribution < 1.29 is 9.84 Å². The van der Waals surface area contributed by atoms with E-state index in [4.69, 9.17) is 4.74 Å². The van der Waals surface area contributed by atoms with Crippen molar-refractivity contribution in [1.82, 2.24) is 4.90 Å². The molecule has 1 heterocycles. The van der Waals surface area contributed by atoms with Crippen LogP contribution in [-0.4, -0.2) is 34.7 Å². The van der Waals surface area contributed by atoms with E-state index in [1.165, 1.54) is 0 Å². The Bertz CT molecular complexity index is 484. The molecule has 1 N–H and O–H groups in total. The second kappa shape index (κ2) is 6.37. The van der Waals surface area contributed by atoms with E-state index in [0.717, 1.165) is 42.8 Å². The van der Waals surface area contributed by atoms with Gasteiger partial charge in [0.05, 0.1) is 6.04 Å². The van der Waals surface area contributed by atoms with Gasteiger partial charge < -0.3 is 9.84 Å². The van der Waals surface area contributed by atoms with E-state index in [2.05, 4.69) is 32.6 Å². The molecule has 0 aliphatic carbocycles. The average Bonchev–Trinajstić information content (AvgIpc) is 2.43. The molecule has 0 amide bonds. The van der Waals surface area contributed by atoms with Gasteiger partial charge in [0.1, 0.15) is 17.5 Å². The van der Waals surface area contributed by atoms with Gasteiger partial charge in [0.15, 0.2) is 0 Å². The summed E-state index contributed by atoms with van der Waals surface area (Å²) in [4.78, 5) is 2.36. The molecule has 1 aliphatic heterocycles. The summed E-state index contributed by atoms with van der Waals surface area (Å²) in [5.74, 6) is 0.859. The Labute approximate surface area is 128 Å². The van der Waals surface area contributed by atoms with E-state index in [0.29, 0.717) is 0 Å². The average molecular weight is 291 g/mol. The number of fused-ring (bicyclic) bond motifs is 1. The van der Waals surface area contributed by atoms with Crippen LogP contribution in [0.4, 0.5) is 0 Å². The quantitative estimate of drug-likeness (QED) is 0.898. The molecule has 0 bridgehead atoms. The molecule has 0 saturated heterocycles. The summed E-state index contributed by atoms with van der Waals surface area (Å²) >= 11 is 0. The summed E-state index contributed by atoms with van der Waals surface area (Å²) in [5.41, 5.74) is 1.62. The monoisotopic (exact) mass is 291 g/mol. The molecule has 0 fully saturated rings. The van der Waals surface area contributed by atoms with Crippen molar-refractivity contribution in [2.45, 2.75) is 65.2 Å². The van der Waals surface area contributed by atoms with E-state index in [-0.39, 0.29) is 6.04 Å². The smallest absolute Gasteiger partial charge is 0.128 e. The van der Waals surface area contributed by atoms with Crippen LogP contribution in [0, 0.1) is 6.92 Å². The highest BCUT2D eigenvalue weighted by atomic mass is 16.5. The Kier molecular flexibility index (Phi) is 4.95. The lowest BCUT2D eigenvalue weighted by molar-refractivity contribution is -0.0820. The summed E-state index contributed by atoms with van der Waals surface area (Å²) in [6.07, 6.45) is 1.81. The number of rotatable bonds is 5. The van der Waals surface area contributed by atoms with Crippen LogP contribution in [0.1, 0.15) is 57.8 Å². The predicted octanol–water partition coefficient (Wildman–Crippen LogP) is 3.69. The SMILES string of the molecule is CCCCN(CC)C1C(O)c2cccc(C)c2OC1(C)C. The third kappa shape index (κ3) is 3.09. The number of ether oxygens (including phenoxy) is 1. The molecule has 21 heavy (non-hydrogen) atoms. The first kappa shape index (κ1) is 16.3. The van der Waals surface area contributed by atoms with Crippen molar-refractivity contribution in [2.75, 3.05) is 13.1 Å². The van der Waals surface area contributed by atoms with Crippen LogP contribution in [0.3, 0.4) is 0 Å². The summed E-state index contributed by atoms with van der Waals surface area (Å²) in [6.45, 7) is 12.5. The molecule has 3 nitrogen and oxygen atoms in total. The Morgan fingerprint density at radius 3 is 2.62 bits per heavy atom. The number of para-hydroxylation sites is 1. The van der Waals surface area contributed by atoms with E-state index in [1.54, 1.807) is 0 Å². The van der Waals surface area contributed by atoms with Crippen molar-refractivity contribution >= 4 is 0 Å². The van der Waals surface area contributed by atoms with Gasteiger partial charge in [0.25, 0.3) is 0 Å². The van der Waals surface area contributed by atoms with E-state index in [9.17, 15) is 5.11 Å². The molecular formula is C18H29NO2. The topological polar surface area (TPSA) is 32.7 Å². The second-order valence-electron chi connectivity index (χ2n) is 6.57. The maximum atomic E-state index is 11.0. The van der Waals surface area contributed by atoms with E-state index in [1.807, 2.05) is 25.1 Å². The summed E-state index contributed by atoms with van der Waals surface area (Å²) in [7, 11) is 0. The van der Waals surface area contributed by atoms with Gasteiger partial charge in [-0.05, 0) is 45.8 Å². The first-order valence-electron chi connectivity index (χ1n) is 8.13. The van der Waals surface area contributed by atoms with Gasteiger partial charge >= 0.3 is 0 Å². The molecule has 1 aromatic rings. The molecule has 1 aliphatic rings. The molecule has 1 aromatic carbocycles. The third-order valence-electron chi connectivity index (χ3n) is 4.54. The molecule has 2 atom stereocenters. The maximum Gasteiger partial charge on any atom is 0.128 e. The van der Waals surface area contributed by atoms with Crippen molar-refractivity contribution in [3.8, 4) is 5.75 Å². The van der Waals surface area contributed by atoms with E-state index < -0.39 is 11.7 Å². The van der Waals surface area contributed by atoms with Gasteiger partial charge in [-0.3, -0.25) is 4.90 Å². The highest BCUT2D eigenvalue weighted by Crippen LogP contribution is 2.43. The molecular weight excluding hydrogens is 262 g/mol. The fourth-order valence-corrected chi connectivity index (χ4v) is 3.42. The molecule has 0 saturated carbocycles. The summed E-state index contributed by atoms with van der Waals surface area (Å²) in [6, 6.07) is 6.01. The molecule has 3 heteroatoms. The molecule has 0 radical (unpaired) electrons. The minimum Gasteiger partial charge on any atom is -0.485 e. The minimum atomic E-state index is -0.500. The number of aliphatic hydroxyl groups is 1. The number of unbranched alkanes of at least 4 members (excludes halogenated alkanes) is 1. The van der Waals surface area contributed by atoms with Crippen molar-refractivity contribution in [1.29, 1.82) is 0 Å². The Morgan fingerprint density at radius 1 is 1.29 bits per heavy atom. The van der Waals surface area contributed by atoms with Gasteiger partial charge in [-0.25, -0.2) is 0 Å². The second-order valence-corrected chi connectivity index (χ2v) is 6.57. The first-order valence-corrected chi connectivity index (χ1v) is 8.13. The van der Waals surface area contributed by atoms with Crippen LogP contribution in [0.25, 0.3) is 0 Å². The van der Waals surface area contributed by atoms with Gasteiger partial charge in [0, 0.05) is 5.56 Å². The van der Waals surface area contributed by atoms with Crippen LogP contribution in [0.2, 0.25) is 0 Å². The minimum absolute atomic E-state index is 0.0108. The zero-order chi connectivity index (χ0) is 15.6. The van der Waals surface area contributed by atoms with Crippen molar-refractivity contribution in [3.63, 3.8) is 0 Å². The lowest BCUT2D eigenvalue weighted by Gasteiger charge is -2.48. The number of hydrogen-bond donors (Lipinski definition) is 1. The fraction of sp³-hybridized carbons (Fsp3) is 0.667. The van der Waals surface area contributed by atoms with Gasteiger partial charge in [-0.2, -0.15) is 0 Å². The highest BCUT2D eigenvalue weighted by molar-refractivity contribution is 5.45. The maximum absolute atomic E-state index is 11.0. The zero-order valence-corrected chi connectivity index (χ0v) is 14.0. The molecule has 2 rings (SSSR count). The molecule has 0 spiro atoms. The molecule has 118 valence electrons. The third-order valence-corrected chi connectivity index (χ3v) is 4.54. The summed E-state index contributed by atoms with van der Waals surface area (Å²) in [5, 5.41) is 11.0. The Balaban J connectivity index is 2.37. The Morgan fingerprint density at radius 2 is 2.00 bits per heavy atom. The standard InChI is InChI=1S/C18H29NO2/c1-6-8-12-19(7-2)17-15(20)14-11-9-10-13(3)16(14)21-18(17,4)5/h9-11,15,17,20H,6-8,12H2,1-5H3. The Hall–Kier alpha value is -1.06. The number of benzene rings is 1. The van der Waals surface area contributed by atoms with Crippen molar-refractivity contribution in [3.05, 3.63) is 29.3 Å². The van der Waals surface area contributed by atoms with Crippen LogP contribution >= 0.6 is 0 Å². The lowest BCUT2D eigenvalue weighted by atomic mass is 9.84. The summed E-state index contributed by atoms with van der Waals surface area (Å²) < 4.78 is 6.29. The number of likely N-dealkylation sites (N-methyl/N-ethyl adjacent to an activating group) is 1. The number of nitrogens with zero attached hydrogens (tertiary/aromatic N) is 1. The normalized spacial score (nSPS) is 23.8. The van der Waals surface area contributed by atoms with Gasteiger partial charge in [0.2, 0.25) is 0 Å². The largest absolute Gasteiger partial charge is 0.485 e. The first-order chi connectivity index (χ1) is 9.92. The highest BCUT2D eigenvalue weighted by Gasteiger charge is 2.46. The fourth-order valence-electron chi connectivity index (χ4n) is 3.42. The van der Waals surface area contributed by atoms with Crippen LogP contribution < -0.4 is 4.74 Å². The molecule has 0 aromatic heterocycles. The number of hydrogen-bond acceptors (Lipinski definition) is 3. The number of aryl methyl sites for hydroxylation is 1. The predicted molar refractivity (Wildman–Crippen MR) is 86.8 cm³/mol. The lowest BCUT2D eigenvalue weighted by Crippen LogP contribution is -2.58. The van der Waals surface area contributed by atoms with Gasteiger partial charge in [-0.1, -0.05) is 38.5 Å². The number of aliphatic hydroxyl groups excluding tert-OH is 1. The van der Waals surface area contributed by atoms with Crippen molar-refractivity contribution in [2.24, 2.45) is 0 Å². The zero-order valence-electron chi connectivity index (χ0n) is 14.0. The van der Waals surface area contributed by atoms with Gasteiger partial charge in [-0.15, -0.1) is 0 Å². The van der Waals surface area contributed by atoms with Crippen LogP contribution in [0.15, 0.2) is 18.2 Å². The van der Waals surface area contributed by atoms with E-state index >= 15 is 0 Å². The van der Waals surface area contributed by atoms with Crippen LogP contribution in [0.5, 0.6) is 5.75 Å². The molecule has 2 unspecified atom stereocenters. The van der Waals surface area contributed by atoms with Crippen LogP contribution in [-0.2, 0) is 0 Å².